The Morgan fingerprint density at radius 2 is 2.25 bits per heavy atom. The van der Waals surface area contributed by atoms with Crippen LogP contribution in [-0.4, -0.2) is 20.9 Å². The van der Waals surface area contributed by atoms with Crippen molar-refractivity contribution in [3.63, 3.8) is 0 Å². The summed E-state index contributed by atoms with van der Waals surface area (Å²) in [5, 5.41) is 3.99. The van der Waals surface area contributed by atoms with E-state index in [-0.39, 0.29) is 10.9 Å². The molecule has 0 unspecified atom stereocenters. The highest BCUT2D eigenvalue weighted by Crippen LogP contribution is 2.34. The number of hydrogen-bond donors (Lipinski definition) is 1. The van der Waals surface area contributed by atoms with Crippen LogP contribution in [0.1, 0.15) is 10.6 Å². The van der Waals surface area contributed by atoms with Crippen molar-refractivity contribution in [1.29, 1.82) is 0 Å². The molecule has 1 amide bonds. The molecule has 0 aromatic carbocycles. The van der Waals surface area contributed by atoms with Gasteiger partial charge in [0.2, 0.25) is 5.76 Å². The number of oxazole rings is 1. The number of anilines is 1. The number of thiazole rings is 1. The van der Waals surface area contributed by atoms with Gasteiger partial charge in [0, 0.05) is 18.0 Å². The third-order valence-electron chi connectivity index (χ3n) is 2.38. The van der Waals surface area contributed by atoms with Crippen molar-refractivity contribution in [3.05, 3.63) is 48.0 Å². The molecule has 8 heteroatoms. The summed E-state index contributed by atoms with van der Waals surface area (Å²) in [5.74, 6) is -0.316. The zero-order chi connectivity index (χ0) is 13.9. The molecule has 3 aromatic heterocycles. The average Bonchev–Trinajstić information content (AvgIpc) is 3.10. The van der Waals surface area contributed by atoms with Gasteiger partial charge in [-0.25, -0.2) is 9.97 Å². The summed E-state index contributed by atoms with van der Waals surface area (Å²) in [6.07, 6.45) is 5.86. The number of aromatic nitrogens is 3. The minimum Gasteiger partial charge on any atom is -0.438 e. The quantitative estimate of drug-likeness (QED) is 0.804. The van der Waals surface area contributed by atoms with Crippen molar-refractivity contribution in [2.24, 2.45) is 0 Å². The molecule has 0 aliphatic rings. The molecule has 0 saturated carbocycles. The number of nitrogens with one attached hydrogen (secondary N) is 1. The molecule has 0 radical (unpaired) electrons. The van der Waals surface area contributed by atoms with Crippen LogP contribution in [0.25, 0.3) is 10.6 Å². The van der Waals surface area contributed by atoms with Gasteiger partial charge in [-0.15, -0.1) is 0 Å². The number of hydrogen-bond acceptors (Lipinski definition) is 6. The Morgan fingerprint density at radius 3 is 2.95 bits per heavy atom. The molecule has 0 aliphatic heterocycles. The normalized spacial score (nSPS) is 10.4. The smallest absolute Gasteiger partial charge is 0.293 e. The molecular formula is C12H7ClN4O2S. The molecule has 0 atom stereocenters. The van der Waals surface area contributed by atoms with E-state index in [1.54, 1.807) is 18.5 Å². The first-order valence-corrected chi connectivity index (χ1v) is 6.70. The molecule has 3 rings (SSSR count). The molecule has 3 aromatic rings. The van der Waals surface area contributed by atoms with Crippen LogP contribution in [0.3, 0.4) is 0 Å². The van der Waals surface area contributed by atoms with Gasteiger partial charge in [0.05, 0.1) is 6.20 Å². The molecule has 100 valence electrons. The maximum absolute atomic E-state index is 11.8. The molecule has 0 fully saturated rings. The second-order valence-electron chi connectivity index (χ2n) is 3.70. The predicted molar refractivity (Wildman–Crippen MR) is 74.8 cm³/mol. The van der Waals surface area contributed by atoms with E-state index in [4.69, 9.17) is 16.0 Å². The van der Waals surface area contributed by atoms with Crippen molar-refractivity contribution in [3.8, 4) is 10.6 Å². The van der Waals surface area contributed by atoms with Crippen LogP contribution in [0.15, 0.2) is 41.5 Å². The van der Waals surface area contributed by atoms with Crippen molar-refractivity contribution in [2.45, 2.75) is 0 Å². The van der Waals surface area contributed by atoms with Crippen LogP contribution in [-0.2, 0) is 0 Å². The van der Waals surface area contributed by atoms with Crippen LogP contribution in [0.5, 0.6) is 0 Å². The topological polar surface area (TPSA) is 80.9 Å². The van der Waals surface area contributed by atoms with Crippen molar-refractivity contribution in [2.75, 3.05) is 5.32 Å². The number of carbonyl (C=O) groups is 1. The Bertz CT molecular complexity index is 727. The Kier molecular flexibility index (Phi) is 3.44. The number of carbonyl (C=O) groups excluding carboxylic acids is 1. The van der Waals surface area contributed by atoms with Crippen molar-refractivity contribution in [1.82, 2.24) is 15.0 Å². The van der Waals surface area contributed by atoms with Gasteiger partial charge in [0.25, 0.3) is 5.91 Å². The highest BCUT2D eigenvalue weighted by atomic mass is 35.5. The Balaban J connectivity index is 1.85. The van der Waals surface area contributed by atoms with E-state index in [1.807, 2.05) is 6.07 Å². The van der Waals surface area contributed by atoms with E-state index in [2.05, 4.69) is 20.3 Å². The summed E-state index contributed by atoms with van der Waals surface area (Å²) in [4.78, 5) is 23.7. The van der Waals surface area contributed by atoms with Gasteiger partial charge in [0.15, 0.2) is 11.5 Å². The molecule has 1 N–H and O–H groups in total. The van der Waals surface area contributed by atoms with Crippen LogP contribution in [0.2, 0.25) is 5.15 Å². The first-order valence-electron chi connectivity index (χ1n) is 5.50. The van der Waals surface area contributed by atoms with E-state index in [0.717, 1.165) is 5.56 Å². The molecule has 20 heavy (non-hydrogen) atoms. The zero-order valence-corrected chi connectivity index (χ0v) is 11.5. The Hall–Kier alpha value is -2.25. The highest BCUT2D eigenvalue weighted by molar-refractivity contribution is 7.19. The van der Waals surface area contributed by atoms with Gasteiger partial charge in [-0.2, -0.15) is 0 Å². The molecule has 0 bridgehead atoms. The minimum atomic E-state index is -0.425. The van der Waals surface area contributed by atoms with Gasteiger partial charge in [-0.05, 0) is 12.1 Å². The van der Waals surface area contributed by atoms with Crippen LogP contribution < -0.4 is 5.32 Å². The first-order chi connectivity index (χ1) is 9.74. The maximum atomic E-state index is 11.8. The summed E-state index contributed by atoms with van der Waals surface area (Å²) < 4.78 is 4.91. The van der Waals surface area contributed by atoms with Crippen molar-refractivity contribution >= 4 is 33.8 Å². The monoisotopic (exact) mass is 306 g/mol. The fraction of sp³-hybridized carbons (Fsp3) is 0. The SMILES string of the molecule is O=C(Nc1sc(-c2cccnc2)nc1Cl)c1cnco1. The number of nitrogens with zero attached hydrogens (tertiary/aromatic N) is 3. The van der Waals surface area contributed by atoms with Gasteiger partial charge in [0.1, 0.15) is 10.0 Å². The van der Waals surface area contributed by atoms with Crippen LogP contribution >= 0.6 is 22.9 Å². The molecular weight excluding hydrogens is 300 g/mol. The van der Waals surface area contributed by atoms with E-state index < -0.39 is 5.91 Å². The summed E-state index contributed by atoms with van der Waals surface area (Å²) in [7, 11) is 0. The fourth-order valence-electron chi connectivity index (χ4n) is 1.48. The van der Waals surface area contributed by atoms with E-state index >= 15 is 0 Å². The Morgan fingerprint density at radius 1 is 1.35 bits per heavy atom. The molecule has 0 saturated heterocycles. The lowest BCUT2D eigenvalue weighted by Gasteiger charge is -1.98. The van der Waals surface area contributed by atoms with Gasteiger partial charge in [-0.1, -0.05) is 22.9 Å². The average molecular weight is 307 g/mol. The molecule has 3 heterocycles. The maximum Gasteiger partial charge on any atom is 0.293 e. The summed E-state index contributed by atoms with van der Waals surface area (Å²) in [6, 6.07) is 3.67. The number of amides is 1. The zero-order valence-electron chi connectivity index (χ0n) is 9.91. The third kappa shape index (κ3) is 2.54. The minimum absolute atomic E-state index is 0.109. The highest BCUT2D eigenvalue weighted by Gasteiger charge is 2.16. The standard InChI is InChI=1S/C12H7ClN4O2S/c13-9-12(17-10(18)8-5-15-6-19-8)20-11(16-9)7-2-1-3-14-4-7/h1-6H,(H,17,18). The second-order valence-corrected chi connectivity index (χ2v) is 5.06. The number of rotatable bonds is 3. The summed E-state index contributed by atoms with van der Waals surface area (Å²) in [5.41, 5.74) is 0.833. The predicted octanol–water partition coefficient (Wildman–Crippen LogP) is 3.10. The Labute approximate surface area is 122 Å². The third-order valence-corrected chi connectivity index (χ3v) is 3.78. The first kappa shape index (κ1) is 12.8. The lowest BCUT2D eigenvalue weighted by molar-refractivity contribution is 0.0997. The van der Waals surface area contributed by atoms with Crippen LogP contribution in [0, 0.1) is 0 Å². The number of halogens is 1. The second kappa shape index (κ2) is 5.40. The van der Waals surface area contributed by atoms with E-state index in [0.29, 0.717) is 10.0 Å². The molecule has 0 aliphatic carbocycles. The summed E-state index contributed by atoms with van der Waals surface area (Å²) in [6.45, 7) is 0. The fourth-order valence-corrected chi connectivity index (χ4v) is 2.62. The molecule has 0 spiro atoms. The number of pyridine rings is 1. The van der Waals surface area contributed by atoms with Gasteiger partial charge in [-0.3, -0.25) is 9.78 Å². The van der Waals surface area contributed by atoms with Gasteiger partial charge < -0.3 is 9.73 Å². The lowest BCUT2D eigenvalue weighted by Crippen LogP contribution is -2.09. The van der Waals surface area contributed by atoms with Gasteiger partial charge >= 0.3 is 0 Å². The molecule has 6 nitrogen and oxygen atoms in total. The lowest BCUT2D eigenvalue weighted by atomic mass is 10.3. The van der Waals surface area contributed by atoms with Crippen molar-refractivity contribution < 1.29 is 9.21 Å². The van der Waals surface area contributed by atoms with E-state index in [9.17, 15) is 4.79 Å². The largest absolute Gasteiger partial charge is 0.438 e. The summed E-state index contributed by atoms with van der Waals surface area (Å²) >= 11 is 7.28. The van der Waals surface area contributed by atoms with Crippen LogP contribution in [0.4, 0.5) is 5.00 Å². The van der Waals surface area contributed by atoms with E-state index in [1.165, 1.54) is 23.9 Å².